The number of phenols is 2. The van der Waals surface area contributed by atoms with Crippen molar-refractivity contribution in [3.8, 4) is 17.6 Å². The number of rotatable bonds is 2. The Hall–Kier alpha value is -1.73. The minimum absolute atomic E-state index is 0.0871. The first kappa shape index (κ1) is 12.3. The number of nitrogens with two attached hydrogens (primary N) is 1. The first-order valence-electron chi connectivity index (χ1n) is 4.17. The van der Waals surface area contributed by atoms with E-state index in [1.165, 1.54) is 19.1 Å². The SMILES string of the molecule is CC#N.NCCc1ccc(O)c(O)c1. The molecule has 0 radical (unpaired) electrons. The summed E-state index contributed by atoms with van der Waals surface area (Å²) in [6.45, 7) is 1.98. The second kappa shape index (κ2) is 6.75. The minimum atomic E-state index is -0.0919. The molecule has 4 N–H and O–H groups in total. The molecule has 0 atom stereocenters. The van der Waals surface area contributed by atoms with Crippen molar-refractivity contribution in [1.29, 1.82) is 5.26 Å². The molecule has 1 aromatic carbocycles. The van der Waals surface area contributed by atoms with E-state index < -0.39 is 0 Å². The average Bonchev–Trinajstić information content (AvgIpc) is 2.13. The van der Waals surface area contributed by atoms with Crippen molar-refractivity contribution >= 4 is 0 Å². The van der Waals surface area contributed by atoms with E-state index in [-0.39, 0.29) is 11.5 Å². The molecule has 0 amide bonds. The van der Waals surface area contributed by atoms with Gasteiger partial charge in [0.1, 0.15) is 0 Å². The summed E-state index contributed by atoms with van der Waals surface area (Å²) in [4.78, 5) is 0. The van der Waals surface area contributed by atoms with Crippen LogP contribution in [0.3, 0.4) is 0 Å². The van der Waals surface area contributed by atoms with Gasteiger partial charge in [-0.05, 0) is 30.7 Å². The molecule has 1 rings (SSSR count). The molecule has 1 aromatic rings. The fourth-order valence-electron chi connectivity index (χ4n) is 0.891. The van der Waals surface area contributed by atoms with E-state index in [9.17, 15) is 0 Å². The second-order valence-corrected chi connectivity index (χ2v) is 2.59. The summed E-state index contributed by atoms with van der Waals surface area (Å²) in [5, 5.41) is 25.3. The number of phenolic OH excluding ortho intramolecular Hbond substituents is 2. The predicted octanol–water partition coefficient (Wildman–Crippen LogP) is 1.13. The molecule has 0 bridgehead atoms. The van der Waals surface area contributed by atoms with Gasteiger partial charge in [-0.1, -0.05) is 6.07 Å². The number of hydrogen-bond acceptors (Lipinski definition) is 4. The highest BCUT2D eigenvalue weighted by atomic mass is 16.3. The molecule has 0 aliphatic heterocycles. The average molecular weight is 194 g/mol. The Labute approximate surface area is 83.2 Å². The minimum Gasteiger partial charge on any atom is -0.504 e. The van der Waals surface area contributed by atoms with E-state index in [1.807, 2.05) is 0 Å². The fourth-order valence-corrected chi connectivity index (χ4v) is 0.891. The van der Waals surface area contributed by atoms with Crippen LogP contribution in [0.2, 0.25) is 0 Å². The van der Waals surface area contributed by atoms with Crippen LogP contribution in [0.15, 0.2) is 18.2 Å². The highest BCUT2D eigenvalue weighted by molar-refractivity contribution is 5.40. The molecule has 4 nitrogen and oxygen atoms in total. The van der Waals surface area contributed by atoms with Gasteiger partial charge >= 0.3 is 0 Å². The third kappa shape index (κ3) is 4.33. The summed E-state index contributed by atoms with van der Waals surface area (Å²) in [6.07, 6.45) is 0.716. The lowest BCUT2D eigenvalue weighted by Gasteiger charge is -2.00. The van der Waals surface area contributed by atoms with E-state index in [4.69, 9.17) is 21.2 Å². The van der Waals surface area contributed by atoms with Gasteiger partial charge in [-0.15, -0.1) is 0 Å². The monoisotopic (exact) mass is 194 g/mol. The molecule has 0 unspecified atom stereocenters. The van der Waals surface area contributed by atoms with Crippen molar-refractivity contribution in [2.24, 2.45) is 5.73 Å². The summed E-state index contributed by atoms with van der Waals surface area (Å²) in [7, 11) is 0. The molecule has 0 aliphatic rings. The lowest BCUT2D eigenvalue weighted by Crippen LogP contribution is -2.02. The van der Waals surface area contributed by atoms with Gasteiger partial charge in [0.2, 0.25) is 0 Å². The summed E-state index contributed by atoms with van der Waals surface area (Å²) >= 11 is 0. The third-order valence-electron chi connectivity index (χ3n) is 1.47. The van der Waals surface area contributed by atoms with Crippen LogP contribution >= 0.6 is 0 Å². The molecule has 14 heavy (non-hydrogen) atoms. The third-order valence-corrected chi connectivity index (χ3v) is 1.47. The van der Waals surface area contributed by atoms with Gasteiger partial charge in [-0.25, -0.2) is 0 Å². The smallest absolute Gasteiger partial charge is 0.157 e. The van der Waals surface area contributed by atoms with Gasteiger partial charge in [0.25, 0.3) is 0 Å². The topological polar surface area (TPSA) is 90.3 Å². The van der Waals surface area contributed by atoms with Crippen LogP contribution in [0.25, 0.3) is 0 Å². The molecule has 4 heteroatoms. The summed E-state index contributed by atoms with van der Waals surface area (Å²) in [5.41, 5.74) is 6.24. The van der Waals surface area contributed by atoms with Gasteiger partial charge in [0.05, 0.1) is 6.07 Å². The molecule has 0 saturated carbocycles. The zero-order valence-electron chi connectivity index (χ0n) is 8.07. The molecular weight excluding hydrogens is 180 g/mol. The standard InChI is InChI=1S/C8H11NO2.C2H3N/c9-4-3-6-1-2-7(10)8(11)5-6;1-2-3/h1-2,5,10-11H,3-4,9H2;1H3. The molecule has 0 aliphatic carbocycles. The molecule has 0 fully saturated rings. The van der Waals surface area contributed by atoms with Crippen molar-refractivity contribution in [2.75, 3.05) is 6.54 Å². The molecule has 0 heterocycles. The van der Waals surface area contributed by atoms with Crippen LogP contribution in [0.1, 0.15) is 12.5 Å². The Balaban J connectivity index is 0.000000500. The number of nitriles is 1. The number of hydrogen-bond donors (Lipinski definition) is 3. The van der Waals surface area contributed by atoms with Crippen LogP contribution < -0.4 is 5.73 Å². The lowest BCUT2D eigenvalue weighted by molar-refractivity contribution is 0.403. The van der Waals surface area contributed by atoms with E-state index in [0.717, 1.165) is 5.56 Å². The molecule has 0 saturated heterocycles. The number of aromatic hydroxyl groups is 2. The van der Waals surface area contributed by atoms with E-state index >= 15 is 0 Å². The van der Waals surface area contributed by atoms with Crippen molar-refractivity contribution in [2.45, 2.75) is 13.3 Å². The first-order chi connectivity index (χ1) is 6.65. The van der Waals surface area contributed by atoms with Crippen molar-refractivity contribution in [3.05, 3.63) is 23.8 Å². The van der Waals surface area contributed by atoms with Crippen LogP contribution in [-0.2, 0) is 6.42 Å². The maximum absolute atomic E-state index is 9.04. The second-order valence-electron chi connectivity index (χ2n) is 2.59. The number of nitrogens with zero attached hydrogens (tertiary/aromatic N) is 1. The van der Waals surface area contributed by atoms with E-state index in [2.05, 4.69) is 0 Å². The predicted molar refractivity (Wildman–Crippen MR) is 53.8 cm³/mol. The quantitative estimate of drug-likeness (QED) is 0.615. The molecule has 0 spiro atoms. The van der Waals surface area contributed by atoms with Crippen molar-refractivity contribution < 1.29 is 10.2 Å². The van der Waals surface area contributed by atoms with Gasteiger partial charge in [-0.3, -0.25) is 0 Å². The Morgan fingerprint density at radius 2 is 1.93 bits per heavy atom. The van der Waals surface area contributed by atoms with Crippen LogP contribution in [0.4, 0.5) is 0 Å². The van der Waals surface area contributed by atoms with Gasteiger partial charge in [0, 0.05) is 6.92 Å². The first-order valence-corrected chi connectivity index (χ1v) is 4.17. The van der Waals surface area contributed by atoms with Gasteiger partial charge in [0.15, 0.2) is 11.5 Å². The molecule has 0 aromatic heterocycles. The largest absolute Gasteiger partial charge is 0.504 e. The number of benzene rings is 1. The van der Waals surface area contributed by atoms with Crippen LogP contribution in [0, 0.1) is 11.3 Å². The zero-order valence-corrected chi connectivity index (χ0v) is 8.07. The summed E-state index contributed by atoms with van der Waals surface area (Å²) < 4.78 is 0. The molecule has 76 valence electrons. The summed E-state index contributed by atoms with van der Waals surface area (Å²) in [6, 6.07) is 6.46. The Kier molecular flexibility index (Phi) is 5.92. The maximum Gasteiger partial charge on any atom is 0.157 e. The molecular formula is C10H14N2O2. The Bertz CT molecular complexity index is 318. The lowest BCUT2D eigenvalue weighted by atomic mass is 10.1. The van der Waals surface area contributed by atoms with Crippen molar-refractivity contribution in [1.82, 2.24) is 0 Å². The van der Waals surface area contributed by atoms with Crippen molar-refractivity contribution in [3.63, 3.8) is 0 Å². The maximum atomic E-state index is 9.04. The van der Waals surface area contributed by atoms with E-state index in [1.54, 1.807) is 12.1 Å². The highest BCUT2D eigenvalue weighted by Gasteiger charge is 1.98. The normalized spacial score (nSPS) is 8.36. The zero-order chi connectivity index (χ0) is 11.0. The van der Waals surface area contributed by atoms with Crippen LogP contribution in [-0.4, -0.2) is 16.8 Å². The summed E-state index contributed by atoms with van der Waals surface area (Å²) in [5.74, 6) is -0.179. The fraction of sp³-hybridized carbons (Fsp3) is 0.300. The van der Waals surface area contributed by atoms with Gasteiger partial charge < -0.3 is 15.9 Å². The van der Waals surface area contributed by atoms with Gasteiger partial charge in [-0.2, -0.15) is 5.26 Å². The van der Waals surface area contributed by atoms with Crippen LogP contribution in [0.5, 0.6) is 11.5 Å². The van der Waals surface area contributed by atoms with E-state index in [0.29, 0.717) is 13.0 Å². The Morgan fingerprint density at radius 3 is 2.36 bits per heavy atom. The highest BCUT2D eigenvalue weighted by Crippen LogP contribution is 2.24. The Morgan fingerprint density at radius 1 is 1.36 bits per heavy atom.